The van der Waals surface area contributed by atoms with Crippen molar-refractivity contribution in [1.29, 1.82) is 0 Å². The number of rotatable bonds is 3. The molecule has 0 unspecified atom stereocenters. The van der Waals surface area contributed by atoms with Gasteiger partial charge < -0.3 is 10.5 Å². The lowest BCUT2D eigenvalue weighted by Crippen LogP contribution is -2.10. The third-order valence-electron chi connectivity index (χ3n) is 3.00. The number of allylic oxidation sites excluding steroid dienone is 1. The van der Waals surface area contributed by atoms with Crippen LogP contribution in [0.2, 0.25) is 0 Å². The van der Waals surface area contributed by atoms with Crippen LogP contribution in [0.25, 0.3) is 5.57 Å². The molecule has 0 saturated heterocycles. The van der Waals surface area contributed by atoms with E-state index in [-0.39, 0.29) is 12.4 Å². The van der Waals surface area contributed by atoms with Crippen LogP contribution in [0.3, 0.4) is 0 Å². The summed E-state index contributed by atoms with van der Waals surface area (Å²) < 4.78 is 5.44. The minimum Gasteiger partial charge on any atom is -0.496 e. The van der Waals surface area contributed by atoms with Gasteiger partial charge in [0.2, 0.25) is 0 Å². The minimum absolute atomic E-state index is 0. The Kier molecular flexibility index (Phi) is 5.37. The van der Waals surface area contributed by atoms with Crippen LogP contribution in [0.5, 0.6) is 5.75 Å². The fraction of sp³-hybridized carbons (Fsp3) is 0.385. The predicted molar refractivity (Wildman–Crippen MR) is 77.4 cm³/mol. The first-order valence-electron chi connectivity index (χ1n) is 5.45. The lowest BCUT2D eigenvalue weighted by Gasteiger charge is -2.22. The van der Waals surface area contributed by atoms with Gasteiger partial charge in [-0.15, -0.1) is 24.2 Å². The zero-order valence-corrected chi connectivity index (χ0v) is 11.8. The Labute approximate surface area is 113 Å². The zero-order valence-electron chi connectivity index (χ0n) is 10.2. The van der Waals surface area contributed by atoms with Crippen molar-refractivity contribution in [3.05, 3.63) is 29.3 Å². The van der Waals surface area contributed by atoms with Crippen molar-refractivity contribution in [2.45, 2.75) is 17.7 Å². The molecule has 0 spiro atoms. The van der Waals surface area contributed by atoms with Gasteiger partial charge in [-0.3, -0.25) is 0 Å². The molecular formula is C13H18ClNOS. The summed E-state index contributed by atoms with van der Waals surface area (Å²) in [5.41, 5.74) is 9.64. The van der Waals surface area contributed by atoms with Gasteiger partial charge in [0.15, 0.2) is 0 Å². The number of fused-ring (bicyclic) bond motifs is 1. The number of hydrogen-bond donors (Lipinski definition) is 1. The zero-order chi connectivity index (χ0) is 11.5. The Morgan fingerprint density at radius 3 is 2.76 bits per heavy atom. The van der Waals surface area contributed by atoms with Crippen molar-refractivity contribution in [1.82, 2.24) is 0 Å². The molecular weight excluding hydrogens is 254 g/mol. The molecule has 2 nitrogen and oxygen atoms in total. The van der Waals surface area contributed by atoms with Crippen LogP contribution in [0.4, 0.5) is 0 Å². The van der Waals surface area contributed by atoms with Gasteiger partial charge >= 0.3 is 0 Å². The van der Waals surface area contributed by atoms with E-state index in [0.29, 0.717) is 6.54 Å². The summed E-state index contributed by atoms with van der Waals surface area (Å²) in [5.74, 6) is 0.948. The summed E-state index contributed by atoms with van der Waals surface area (Å²) >= 11 is 1.79. The van der Waals surface area contributed by atoms with E-state index >= 15 is 0 Å². The molecule has 0 atom stereocenters. The van der Waals surface area contributed by atoms with Crippen LogP contribution in [0.15, 0.2) is 23.1 Å². The van der Waals surface area contributed by atoms with E-state index in [1.165, 1.54) is 21.6 Å². The van der Waals surface area contributed by atoms with Gasteiger partial charge in [-0.1, -0.05) is 6.08 Å². The molecule has 0 aliphatic heterocycles. The molecule has 94 valence electrons. The van der Waals surface area contributed by atoms with Crippen LogP contribution in [0, 0.1) is 0 Å². The Bertz CT molecular complexity index is 432. The first kappa shape index (κ1) is 14.4. The van der Waals surface area contributed by atoms with E-state index in [4.69, 9.17) is 10.5 Å². The van der Waals surface area contributed by atoms with Crippen molar-refractivity contribution < 1.29 is 4.74 Å². The average Bonchev–Trinajstić information content (AvgIpc) is 2.36. The molecule has 1 aromatic carbocycles. The molecule has 0 amide bonds. The highest BCUT2D eigenvalue weighted by Crippen LogP contribution is 2.38. The smallest absolute Gasteiger partial charge is 0.126 e. The normalized spacial score (nSPS) is 13.5. The second-order valence-electron chi connectivity index (χ2n) is 3.80. The molecule has 0 fully saturated rings. The molecule has 0 saturated carbocycles. The van der Waals surface area contributed by atoms with Crippen LogP contribution in [-0.2, 0) is 6.42 Å². The van der Waals surface area contributed by atoms with E-state index in [1.807, 2.05) is 6.07 Å². The number of nitrogens with two attached hydrogens (primary N) is 1. The molecule has 0 aromatic heterocycles. The predicted octanol–water partition coefficient (Wildman–Crippen LogP) is 3.13. The first-order chi connectivity index (χ1) is 7.81. The van der Waals surface area contributed by atoms with Gasteiger partial charge in [0.1, 0.15) is 5.75 Å². The maximum atomic E-state index is 5.80. The second-order valence-corrected chi connectivity index (χ2v) is 4.64. The van der Waals surface area contributed by atoms with Crippen LogP contribution < -0.4 is 10.5 Å². The lowest BCUT2D eigenvalue weighted by molar-refractivity contribution is 0.412. The fourth-order valence-corrected chi connectivity index (χ4v) is 2.90. The van der Waals surface area contributed by atoms with Crippen molar-refractivity contribution in [2.75, 3.05) is 19.9 Å². The SMILES string of the molecule is COc1ccc(SC)c2c1C(CN)=CCC2.Cl. The Balaban J connectivity index is 0.00000144. The summed E-state index contributed by atoms with van der Waals surface area (Å²) in [5, 5.41) is 0. The number of methoxy groups -OCH3 is 1. The van der Waals surface area contributed by atoms with Crippen LogP contribution in [0.1, 0.15) is 17.5 Å². The third kappa shape index (κ3) is 2.62. The van der Waals surface area contributed by atoms with Gasteiger partial charge in [0.05, 0.1) is 7.11 Å². The van der Waals surface area contributed by atoms with Gasteiger partial charge in [0.25, 0.3) is 0 Å². The van der Waals surface area contributed by atoms with Crippen molar-refractivity contribution in [3.63, 3.8) is 0 Å². The van der Waals surface area contributed by atoms with E-state index in [1.54, 1.807) is 18.9 Å². The maximum absolute atomic E-state index is 5.80. The fourth-order valence-electron chi connectivity index (χ4n) is 2.25. The van der Waals surface area contributed by atoms with Crippen LogP contribution >= 0.6 is 24.2 Å². The average molecular weight is 272 g/mol. The largest absolute Gasteiger partial charge is 0.496 e. The summed E-state index contributed by atoms with van der Waals surface area (Å²) in [6, 6.07) is 4.18. The lowest BCUT2D eigenvalue weighted by atomic mass is 9.90. The standard InChI is InChI=1S/C13H17NOS.ClH/c1-15-11-6-7-12(16-2)10-5-3-4-9(8-14)13(10)11;/h4,6-7H,3,5,8,14H2,1-2H3;1H. The highest BCUT2D eigenvalue weighted by Gasteiger charge is 2.19. The molecule has 4 heteroatoms. The Morgan fingerprint density at radius 2 is 2.18 bits per heavy atom. The quantitative estimate of drug-likeness (QED) is 0.858. The van der Waals surface area contributed by atoms with Crippen LogP contribution in [-0.4, -0.2) is 19.9 Å². The summed E-state index contributed by atoms with van der Waals surface area (Å²) in [6.45, 7) is 0.585. The Hall–Kier alpha value is -0.640. The first-order valence-corrected chi connectivity index (χ1v) is 6.67. The molecule has 1 aliphatic carbocycles. The summed E-state index contributed by atoms with van der Waals surface area (Å²) in [7, 11) is 1.72. The minimum atomic E-state index is 0. The highest BCUT2D eigenvalue weighted by atomic mass is 35.5. The van der Waals surface area contributed by atoms with Crippen molar-refractivity contribution >= 4 is 29.7 Å². The number of thioether (sulfide) groups is 1. The topological polar surface area (TPSA) is 35.2 Å². The van der Waals surface area contributed by atoms with Gasteiger partial charge in [-0.2, -0.15) is 0 Å². The summed E-state index contributed by atoms with van der Waals surface area (Å²) in [4.78, 5) is 1.34. The third-order valence-corrected chi connectivity index (χ3v) is 3.82. The number of hydrogen-bond acceptors (Lipinski definition) is 3. The Morgan fingerprint density at radius 1 is 1.41 bits per heavy atom. The molecule has 0 bridgehead atoms. The molecule has 1 aliphatic rings. The van der Waals surface area contributed by atoms with E-state index in [0.717, 1.165) is 18.6 Å². The number of halogens is 1. The molecule has 17 heavy (non-hydrogen) atoms. The second kappa shape index (κ2) is 6.34. The van der Waals surface area contributed by atoms with E-state index < -0.39 is 0 Å². The van der Waals surface area contributed by atoms with Gasteiger partial charge in [-0.25, -0.2) is 0 Å². The highest BCUT2D eigenvalue weighted by molar-refractivity contribution is 7.98. The molecule has 2 N–H and O–H groups in total. The molecule has 2 rings (SSSR count). The number of benzene rings is 1. The van der Waals surface area contributed by atoms with Crippen molar-refractivity contribution in [3.8, 4) is 5.75 Å². The van der Waals surface area contributed by atoms with Gasteiger partial charge in [0, 0.05) is 17.0 Å². The van der Waals surface area contributed by atoms with E-state index in [9.17, 15) is 0 Å². The van der Waals surface area contributed by atoms with Gasteiger partial charge in [-0.05, 0) is 42.4 Å². The molecule has 0 radical (unpaired) electrons. The molecule has 1 aromatic rings. The monoisotopic (exact) mass is 271 g/mol. The van der Waals surface area contributed by atoms with Crippen molar-refractivity contribution in [2.24, 2.45) is 5.73 Å². The number of ether oxygens (including phenoxy) is 1. The van der Waals surface area contributed by atoms with E-state index in [2.05, 4.69) is 18.4 Å². The molecule has 0 heterocycles. The maximum Gasteiger partial charge on any atom is 0.126 e. The summed E-state index contributed by atoms with van der Waals surface area (Å²) in [6.07, 6.45) is 6.52.